The smallest absolute Gasteiger partial charge is 0.403 e. The molecule has 0 amide bonds. The summed E-state index contributed by atoms with van der Waals surface area (Å²) in [5.74, 6) is -5.01. The quantitative estimate of drug-likeness (QED) is 0.658. The zero-order valence-electron chi connectivity index (χ0n) is 9.18. The summed E-state index contributed by atoms with van der Waals surface area (Å²) in [4.78, 5) is 24.7. The van der Waals surface area contributed by atoms with E-state index in [1.54, 1.807) is 0 Å². The van der Waals surface area contributed by atoms with Crippen molar-refractivity contribution in [3.8, 4) is 0 Å². The molecule has 2 aromatic rings. The van der Waals surface area contributed by atoms with Gasteiger partial charge in [0.1, 0.15) is 16.9 Å². The molecule has 1 atom stereocenters. The Bertz CT molecular complexity index is 600. The third-order valence-electron chi connectivity index (χ3n) is 2.27. The molecule has 2 N–H and O–H groups in total. The van der Waals surface area contributed by atoms with Crippen LogP contribution in [0.5, 0.6) is 0 Å². The van der Waals surface area contributed by atoms with Gasteiger partial charge in [-0.15, -0.1) is 11.8 Å². The van der Waals surface area contributed by atoms with E-state index in [0.29, 0.717) is 22.9 Å². The molecule has 0 saturated carbocycles. The van der Waals surface area contributed by atoms with Crippen molar-refractivity contribution < 1.29 is 23.1 Å². The molecule has 0 aromatic carbocycles. The number of hydrogen-bond acceptors (Lipinski definition) is 5. The first-order valence-electron chi connectivity index (χ1n) is 4.96. The average Bonchev–Trinajstić information content (AvgIpc) is 2.75. The second kappa shape index (κ2) is 5.03. The molecule has 0 bridgehead atoms. The summed E-state index contributed by atoms with van der Waals surface area (Å²) in [5, 5.41) is 8.81. The number of aromatic nitrogens is 4. The van der Waals surface area contributed by atoms with Crippen LogP contribution < -0.4 is 0 Å². The number of aromatic amines is 1. The number of thioether (sulfide) groups is 1. The van der Waals surface area contributed by atoms with E-state index in [-0.39, 0.29) is 5.03 Å². The third-order valence-corrected chi connectivity index (χ3v) is 3.35. The predicted octanol–water partition coefficient (Wildman–Crippen LogP) is 1.71. The molecule has 0 aliphatic heterocycles. The van der Waals surface area contributed by atoms with Gasteiger partial charge in [0.25, 0.3) is 0 Å². The van der Waals surface area contributed by atoms with Crippen LogP contribution in [0.3, 0.4) is 0 Å². The molecule has 0 aliphatic carbocycles. The Balaban J connectivity index is 2.17. The Kier molecular flexibility index (Phi) is 3.60. The van der Waals surface area contributed by atoms with Crippen LogP contribution in [0.15, 0.2) is 17.7 Å². The third kappa shape index (κ3) is 2.95. The Labute approximate surface area is 108 Å². The summed E-state index contributed by atoms with van der Waals surface area (Å²) >= 11 is 0.695. The number of nitrogens with zero attached hydrogens (tertiary/aromatic N) is 3. The van der Waals surface area contributed by atoms with Crippen molar-refractivity contribution in [1.29, 1.82) is 0 Å². The summed E-state index contributed by atoms with van der Waals surface area (Å²) < 4.78 is 37.4. The first-order valence-corrected chi connectivity index (χ1v) is 5.94. The van der Waals surface area contributed by atoms with Crippen LogP contribution in [0.25, 0.3) is 11.2 Å². The van der Waals surface area contributed by atoms with Gasteiger partial charge in [-0.2, -0.15) is 13.2 Å². The summed E-state index contributed by atoms with van der Waals surface area (Å²) in [6.07, 6.45) is -2.30. The molecule has 6 nitrogen and oxygen atoms in total. The number of fused-ring (bicyclic) bond motifs is 1. The molecule has 2 rings (SSSR count). The van der Waals surface area contributed by atoms with E-state index >= 15 is 0 Å². The number of carbonyl (C=O) groups is 1. The average molecular weight is 292 g/mol. The maximum absolute atomic E-state index is 12.5. The minimum Gasteiger partial charge on any atom is -0.481 e. The van der Waals surface area contributed by atoms with Crippen molar-refractivity contribution >= 4 is 28.9 Å². The Morgan fingerprint density at radius 3 is 2.79 bits per heavy atom. The maximum atomic E-state index is 12.5. The largest absolute Gasteiger partial charge is 0.481 e. The van der Waals surface area contributed by atoms with Crippen molar-refractivity contribution in [3.63, 3.8) is 0 Å². The molecule has 2 heterocycles. The van der Waals surface area contributed by atoms with Crippen LogP contribution >= 0.6 is 11.8 Å². The predicted molar refractivity (Wildman–Crippen MR) is 59.6 cm³/mol. The van der Waals surface area contributed by atoms with Crippen molar-refractivity contribution in [2.45, 2.75) is 11.2 Å². The van der Waals surface area contributed by atoms with Crippen molar-refractivity contribution in [1.82, 2.24) is 19.9 Å². The van der Waals surface area contributed by atoms with Crippen LogP contribution in [-0.4, -0.2) is 42.9 Å². The number of nitrogens with one attached hydrogen (secondary N) is 1. The van der Waals surface area contributed by atoms with Gasteiger partial charge in [0, 0.05) is 5.75 Å². The number of imidazole rings is 1. The van der Waals surface area contributed by atoms with Gasteiger partial charge in [0.15, 0.2) is 11.6 Å². The van der Waals surface area contributed by atoms with Gasteiger partial charge in [-0.3, -0.25) is 4.79 Å². The van der Waals surface area contributed by atoms with Crippen LogP contribution in [0, 0.1) is 5.92 Å². The molecule has 102 valence electrons. The minimum atomic E-state index is -4.79. The molecule has 19 heavy (non-hydrogen) atoms. The molecule has 0 fully saturated rings. The topological polar surface area (TPSA) is 91.8 Å². The highest BCUT2D eigenvalue weighted by atomic mass is 32.2. The number of carboxylic acid groups (broad SMARTS) is 1. The summed E-state index contributed by atoms with van der Waals surface area (Å²) in [5.41, 5.74) is 0.704. The number of H-pyrrole nitrogens is 1. The zero-order chi connectivity index (χ0) is 14.0. The van der Waals surface area contributed by atoms with Gasteiger partial charge in [-0.1, -0.05) is 0 Å². The van der Waals surface area contributed by atoms with Crippen LogP contribution in [0.2, 0.25) is 0 Å². The van der Waals surface area contributed by atoms with Gasteiger partial charge in [-0.05, 0) is 0 Å². The lowest BCUT2D eigenvalue weighted by Gasteiger charge is -2.15. The van der Waals surface area contributed by atoms with Gasteiger partial charge < -0.3 is 10.1 Å². The number of alkyl halides is 3. The monoisotopic (exact) mass is 292 g/mol. The van der Waals surface area contributed by atoms with E-state index in [1.807, 2.05) is 0 Å². The highest BCUT2D eigenvalue weighted by molar-refractivity contribution is 7.99. The zero-order valence-corrected chi connectivity index (χ0v) is 9.99. The Morgan fingerprint density at radius 1 is 1.42 bits per heavy atom. The number of aliphatic carboxylic acids is 1. The van der Waals surface area contributed by atoms with Crippen molar-refractivity contribution in [2.75, 3.05) is 5.75 Å². The standard InChI is InChI=1S/C9H7F3N4O2S/c10-9(11,12)4(8(17)18)1-19-7-5-6(14-2-13-5)15-3-16-7/h2-4H,1H2,(H,17,18)(H,13,14,15,16). The number of halogens is 3. The van der Waals surface area contributed by atoms with Crippen LogP contribution in [-0.2, 0) is 4.79 Å². The molecule has 0 spiro atoms. The van der Waals surface area contributed by atoms with E-state index in [9.17, 15) is 18.0 Å². The SMILES string of the molecule is O=C(O)C(CSc1ncnc2nc[nH]c12)C(F)(F)F. The fourth-order valence-corrected chi connectivity index (χ4v) is 2.39. The van der Waals surface area contributed by atoms with Gasteiger partial charge >= 0.3 is 12.1 Å². The second-order valence-corrected chi connectivity index (χ2v) is 4.53. The van der Waals surface area contributed by atoms with E-state index in [0.717, 1.165) is 6.33 Å². The highest BCUT2D eigenvalue weighted by Crippen LogP contribution is 2.32. The molecule has 0 saturated heterocycles. The van der Waals surface area contributed by atoms with E-state index in [1.165, 1.54) is 6.33 Å². The first kappa shape index (κ1) is 13.6. The van der Waals surface area contributed by atoms with Gasteiger partial charge in [-0.25, -0.2) is 15.0 Å². The number of rotatable bonds is 4. The Morgan fingerprint density at radius 2 is 2.16 bits per heavy atom. The lowest BCUT2D eigenvalue weighted by molar-refractivity contribution is -0.188. The van der Waals surface area contributed by atoms with Crippen molar-refractivity contribution in [2.24, 2.45) is 5.92 Å². The van der Waals surface area contributed by atoms with Crippen LogP contribution in [0.1, 0.15) is 0 Å². The summed E-state index contributed by atoms with van der Waals surface area (Å²) in [6.45, 7) is 0. The lowest BCUT2D eigenvalue weighted by atomic mass is 10.2. The maximum Gasteiger partial charge on any atom is 0.403 e. The normalized spacial score (nSPS) is 13.6. The summed E-state index contributed by atoms with van der Waals surface area (Å²) in [7, 11) is 0. The minimum absolute atomic E-state index is 0.234. The highest BCUT2D eigenvalue weighted by Gasteiger charge is 2.45. The molecular weight excluding hydrogens is 285 g/mol. The van der Waals surface area contributed by atoms with E-state index in [2.05, 4.69) is 19.9 Å². The molecule has 1 unspecified atom stereocenters. The molecule has 2 aromatic heterocycles. The Hall–Kier alpha value is -1.84. The van der Waals surface area contributed by atoms with Gasteiger partial charge in [0.05, 0.1) is 6.33 Å². The molecular formula is C9H7F3N4O2S. The molecule has 0 aliphatic rings. The van der Waals surface area contributed by atoms with Crippen molar-refractivity contribution in [3.05, 3.63) is 12.7 Å². The number of carboxylic acids is 1. The van der Waals surface area contributed by atoms with Gasteiger partial charge in [0.2, 0.25) is 0 Å². The first-order chi connectivity index (χ1) is 8.89. The second-order valence-electron chi connectivity index (χ2n) is 3.52. The van der Waals surface area contributed by atoms with E-state index in [4.69, 9.17) is 5.11 Å². The number of hydrogen-bond donors (Lipinski definition) is 2. The fraction of sp³-hybridized carbons (Fsp3) is 0.333. The van der Waals surface area contributed by atoms with E-state index < -0.39 is 23.8 Å². The fourth-order valence-electron chi connectivity index (χ4n) is 1.32. The molecule has 10 heteroatoms. The van der Waals surface area contributed by atoms with Crippen LogP contribution in [0.4, 0.5) is 13.2 Å². The molecule has 0 radical (unpaired) electrons. The lowest BCUT2D eigenvalue weighted by Crippen LogP contribution is -2.32. The summed E-state index contributed by atoms with van der Waals surface area (Å²) in [6, 6.07) is 0.